The van der Waals surface area contributed by atoms with E-state index in [-0.39, 0.29) is 11.7 Å². The highest BCUT2D eigenvalue weighted by Crippen LogP contribution is 2.38. The minimum absolute atomic E-state index is 0.102. The molecule has 8 nitrogen and oxygen atoms in total. The maximum Gasteiger partial charge on any atom is 0.248 e. The van der Waals surface area contributed by atoms with Gasteiger partial charge < -0.3 is 25.8 Å². The van der Waals surface area contributed by atoms with Gasteiger partial charge in [0.1, 0.15) is 5.82 Å². The number of aromatic nitrogens is 2. The standard InChI is InChI=1S/C13H16N4O4/c1-19-9-4-7(5-10(20-2)11(9)21-18)3-8-6-16-13(15)17-12(8)14/h4-6,18H,3H2,1-2H3,(H4,14,15,16,17). The molecule has 21 heavy (non-hydrogen) atoms. The molecular formula is C13H16N4O4. The second kappa shape index (κ2) is 6.14. The molecule has 0 aliphatic heterocycles. The molecule has 0 aliphatic carbocycles. The molecule has 0 atom stereocenters. The molecule has 0 radical (unpaired) electrons. The van der Waals surface area contributed by atoms with Crippen molar-refractivity contribution < 1.29 is 19.6 Å². The van der Waals surface area contributed by atoms with Crippen molar-refractivity contribution in [3.05, 3.63) is 29.5 Å². The summed E-state index contributed by atoms with van der Waals surface area (Å²) in [5, 5.41) is 8.90. The summed E-state index contributed by atoms with van der Waals surface area (Å²) in [7, 11) is 2.92. The molecule has 1 aromatic heterocycles. The molecule has 112 valence electrons. The molecule has 0 spiro atoms. The smallest absolute Gasteiger partial charge is 0.248 e. The Labute approximate surface area is 121 Å². The van der Waals surface area contributed by atoms with Crippen LogP contribution in [0, 0.1) is 0 Å². The number of methoxy groups -OCH3 is 2. The molecule has 0 saturated carbocycles. The van der Waals surface area contributed by atoms with Crippen LogP contribution in [0.5, 0.6) is 17.2 Å². The SMILES string of the molecule is COc1cc(Cc2cnc(N)nc2N)cc(OC)c1OO. The van der Waals surface area contributed by atoms with Crippen LogP contribution in [0.3, 0.4) is 0 Å². The third-order valence-corrected chi connectivity index (χ3v) is 2.92. The van der Waals surface area contributed by atoms with Gasteiger partial charge in [-0.15, -0.1) is 0 Å². The molecule has 1 heterocycles. The Kier molecular flexibility index (Phi) is 4.29. The average Bonchev–Trinajstić information content (AvgIpc) is 2.49. The summed E-state index contributed by atoms with van der Waals surface area (Å²) in [5.74, 6) is 1.20. The molecule has 0 unspecified atom stereocenters. The minimum atomic E-state index is 0.102. The maximum absolute atomic E-state index is 8.90. The summed E-state index contributed by atoms with van der Waals surface area (Å²) in [6.07, 6.45) is 2.01. The van der Waals surface area contributed by atoms with E-state index < -0.39 is 0 Å². The normalized spacial score (nSPS) is 10.2. The molecular weight excluding hydrogens is 276 g/mol. The number of anilines is 2. The zero-order valence-electron chi connectivity index (χ0n) is 11.7. The Hall–Kier alpha value is -2.74. The largest absolute Gasteiger partial charge is 0.493 e. The lowest BCUT2D eigenvalue weighted by atomic mass is 10.1. The van der Waals surface area contributed by atoms with Gasteiger partial charge in [-0.25, -0.2) is 10.2 Å². The average molecular weight is 292 g/mol. The second-order valence-electron chi connectivity index (χ2n) is 4.24. The Morgan fingerprint density at radius 1 is 1.14 bits per heavy atom. The molecule has 0 saturated heterocycles. The molecule has 2 aromatic rings. The van der Waals surface area contributed by atoms with Gasteiger partial charge in [0.2, 0.25) is 11.7 Å². The van der Waals surface area contributed by atoms with E-state index >= 15 is 0 Å². The number of nitrogens with two attached hydrogens (primary N) is 2. The van der Waals surface area contributed by atoms with Crippen molar-refractivity contribution in [3.63, 3.8) is 0 Å². The van der Waals surface area contributed by atoms with Crippen molar-refractivity contribution in [1.82, 2.24) is 9.97 Å². The summed E-state index contributed by atoms with van der Waals surface area (Å²) < 4.78 is 10.3. The predicted molar refractivity (Wildman–Crippen MR) is 76.5 cm³/mol. The van der Waals surface area contributed by atoms with Gasteiger partial charge in [-0.1, -0.05) is 0 Å². The fourth-order valence-corrected chi connectivity index (χ4v) is 1.92. The zero-order valence-corrected chi connectivity index (χ0v) is 11.7. The molecule has 2 rings (SSSR count). The molecule has 0 aliphatic rings. The number of ether oxygens (including phenoxy) is 2. The predicted octanol–water partition coefficient (Wildman–Crippen LogP) is 1.10. The lowest BCUT2D eigenvalue weighted by Crippen LogP contribution is -2.04. The van der Waals surface area contributed by atoms with E-state index in [1.807, 2.05) is 0 Å². The van der Waals surface area contributed by atoms with E-state index in [0.717, 1.165) is 5.56 Å². The fourth-order valence-electron chi connectivity index (χ4n) is 1.92. The second-order valence-corrected chi connectivity index (χ2v) is 4.24. The highest BCUT2D eigenvalue weighted by molar-refractivity contribution is 5.55. The van der Waals surface area contributed by atoms with Gasteiger partial charge in [0.25, 0.3) is 0 Å². The quantitative estimate of drug-likeness (QED) is 0.552. The van der Waals surface area contributed by atoms with Crippen LogP contribution in [-0.2, 0) is 6.42 Å². The third kappa shape index (κ3) is 3.06. The summed E-state index contributed by atoms with van der Waals surface area (Å²) in [4.78, 5) is 12.1. The van der Waals surface area contributed by atoms with E-state index in [9.17, 15) is 0 Å². The topological polar surface area (TPSA) is 126 Å². The van der Waals surface area contributed by atoms with Gasteiger partial charge in [0, 0.05) is 18.2 Å². The van der Waals surface area contributed by atoms with E-state index in [4.69, 9.17) is 26.2 Å². The Morgan fingerprint density at radius 3 is 2.24 bits per heavy atom. The molecule has 8 heteroatoms. The van der Waals surface area contributed by atoms with Crippen molar-refractivity contribution in [2.45, 2.75) is 6.42 Å². The van der Waals surface area contributed by atoms with Gasteiger partial charge >= 0.3 is 0 Å². The summed E-state index contributed by atoms with van der Waals surface area (Å²) in [5.41, 5.74) is 12.8. The van der Waals surface area contributed by atoms with Crippen LogP contribution in [0.1, 0.15) is 11.1 Å². The molecule has 0 fully saturated rings. The van der Waals surface area contributed by atoms with Crippen molar-refractivity contribution >= 4 is 11.8 Å². The molecule has 1 aromatic carbocycles. The summed E-state index contributed by atoms with van der Waals surface area (Å²) in [6, 6.07) is 3.40. The van der Waals surface area contributed by atoms with E-state index in [1.54, 1.807) is 18.3 Å². The Morgan fingerprint density at radius 2 is 1.76 bits per heavy atom. The van der Waals surface area contributed by atoms with Gasteiger partial charge in [-0.3, -0.25) is 0 Å². The minimum Gasteiger partial charge on any atom is -0.493 e. The highest BCUT2D eigenvalue weighted by atomic mass is 17.1. The lowest BCUT2D eigenvalue weighted by molar-refractivity contribution is -0.140. The summed E-state index contributed by atoms with van der Waals surface area (Å²) >= 11 is 0. The first kappa shape index (κ1) is 14.7. The Balaban J connectivity index is 2.40. The number of benzene rings is 1. The van der Waals surface area contributed by atoms with Crippen molar-refractivity contribution in [2.75, 3.05) is 25.7 Å². The number of hydrogen-bond acceptors (Lipinski definition) is 8. The van der Waals surface area contributed by atoms with Gasteiger partial charge in [0.05, 0.1) is 14.2 Å². The first-order chi connectivity index (χ1) is 10.1. The van der Waals surface area contributed by atoms with E-state index in [2.05, 4.69) is 14.9 Å². The first-order valence-electron chi connectivity index (χ1n) is 6.02. The number of nitrogens with zero attached hydrogens (tertiary/aromatic N) is 2. The van der Waals surface area contributed by atoms with Crippen molar-refractivity contribution in [3.8, 4) is 17.2 Å². The van der Waals surface area contributed by atoms with Crippen LogP contribution in [0.4, 0.5) is 11.8 Å². The molecule has 0 bridgehead atoms. The molecule has 0 amide bonds. The van der Waals surface area contributed by atoms with Gasteiger partial charge in [0.15, 0.2) is 11.5 Å². The number of hydrogen-bond donors (Lipinski definition) is 3. The number of nitrogen functional groups attached to an aromatic ring is 2. The van der Waals surface area contributed by atoms with Crippen molar-refractivity contribution in [1.29, 1.82) is 0 Å². The molecule has 5 N–H and O–H groups in total. The van der Waals surface area contributed by atoms with Crippen LogP contribution in [0.15, 0.2) is 18.3 Å². The van der Waals surface area contributed by atoms with E-state index in [1.165, 1.54) is 14.2 Å². The fraction of sp³-hybridized carbons (Fsp3) is 0.231. The summed E-state index contributed by atoms with van der Waals surface area (Å²) in [6.45, 7) is 0. The van der Waals surface area contributed by atoms with Crippen LogP contribution >= 0.6 is 0 Å². The Bertz CT molecular complexity index is 623. The van der Waals surface area contributed by atoms with Crippen LogP contribution in [0.25, 0.3) is 0 Å². The maximum atomic E-state index is 8.90. The van der Waals surface area contributed by atoms with Crippen molar-refractivity contribution in [2.24, 2.45) is 0 Å². The van der Waals surface area contributed by atoms with Crippen LogP contribution < -0.4 is 25.8 Å². The third-order valence-electron chi connectivity index (χ3n) is 2.92. The highest BCUT2D eigenvalue weighted by Gasteiger charge is 2.15. The van der Waals surface area contributed by atoms with Crippen LogP contribution in [0.2, 0.25) is 0 Å². The monoisotopic (exact) mass is 292 g/mol. The zero-order chi connectivity index (χ0) is 15.4. The first-order valence-corrected chi connectivity index (χ1v) is 6.02. The van der Waals surface area contributed by atoms with Gasteiger partial charge in [-0.05, 0) is 17.7 Å². The van der Waals surface area contributed by atoms with Crippen LogP contribution in [-0.4, -0.2) is 29.4 Å². The number of rotatable bonds is 5. The lowest BCUT2D eigenvalue weighted by Gasteiger charge is -2.13. The van der Waals surface area contributed by atoms with E-state index in [0.29, 0.717) is 29.3 Å². The van der Waals surface area contributed by atoms with Gasteiger partial charge in [-0.2, -0.15) is 4.98 Å².